The largest absolute Gasteiger partial charge is 0.504 e. The molecule has 1 aromatic carbocycles. The standard InChI is InChI=1S/C11H9FNO3/c1-2-13-4-3-7(14)9-6(13)5-8(15)11(16)10(9)12/h4-5,15-16H,2H2,1H3. The molecule has 2 rings (SSSR count). The molecule has 1 heterocycles. The molecule has 83 valence electrons. The molecule has 0 amide bonds. The number of benzene rings is 1. The zero-order valence-electron chi connectivity index (χ0n) is 8.49. The number of aromatic hydroxyl groups is 2. The predicted molar refractivity (Wildman–Crippen MR) is 56.0 cm³/mol. The van der Waals surface area contributed by atoms with Crippen LogP contribution < -0.4 is 5.43 Å². The molecule has 0 aliphatic carbocycles. The van der Waals surface area contributed by atoms with Crippen molar-refractivity contribution in [3.05, 3.63) is 34.4 Å². The SMILES string of the molecule is CCn1c[c]c(=O)c2c(F)c(O)c(O)cc21. The normalized spacial score (nSPS) is 10.9. The Kier molecular flexibility index (Phi) is 2.30. The van der Waals surface area contributed by atoms with E-state index in [0.29, 0.717) is 6.54 Å². The van der Waals surface area contributed by atoms with Crippen molar-refractivity contribution < 1.29 is 14.6 Å². The quantitative estimate of drug-likeness (QED) is 0.716. The van der Waals surface area contributed by atoms with Crippen molar-refractivity contribution in [2.45, 2.75) is 13.5 Å². The third-order valence-electron chi connectivity index (χ3n) is 2.43. The highest BCUT2D eigenvalue weighted by Crippen LogP contribution is 2.32. The Morgan fingerprint density at radius 2 is 2.19 bits per heavy atom. The highest BCUT2D eigenvalue weighted by Gasteiger charge is 2.16. The zero-order valence-corrected chi connectivity index (χ0v) is 8.49. The Bertz CT molecular complexity index is 619. The van der Waals surface area contributed by atoms with Gasteiger partial charge in [-0.15, -0.1) is 0 Å². The molecule has 1 aromatic heterocycles. The topological polar surface area (TPSA) is 62.5 Å². The van der Waals surface area contributed by atoms with Gasteiger partial charge in [0.05, 0.1) is 17.0 Å². The van der Waals surface area contributed by atoms with E-state index >= 15 is 0 Å². The highest BCUT2D eigenvalue weighted by atomic mass is 19.1. The molecule has 4 nitrogen and oxygen atoms in total. The second-order valence-corrected chi connectivity index (χ2v) is 3.34. The summed E-state index contributed by atoms with van der Waals surface area (Å²) in [5.74, 6) is -2.61. The number of phenols is 2. The summed E-state index contributed by atoms with van der Waals surface area (Å²) in [6.07, 6.45) is 1.39. The van der Waals surface area contributed by atoms with Crippen LogP contribution in [0.2, 0.25) is 0 Å². The number of rotatable bonds is 1. The molecule has 0 spiro atoms. The van der Waals surface area contributed by atoms with Gasteiger partial charge in [-0.05, 0) is 6.92 Å². The number of hydrogen-bond acceptors (Lipinski definition) is 3. The molecule has 5 heteroatoms. The second-order valence-electron chi connectivity index (χ2n) is 3.34. The monoisotopic (exact) mass is 222 g/mol. The minimum atomic E-state index is -1.11. The van der Waals surface area contributed by atoms with Gasteiger partial charge in [0.1, 0.15) is 0 Å². The molecular formula is C11H9FNO3. The Morgan fingerprint density at radius 1 is 1.50 bits per heavy atom. The first-order valence-corrected chi connectivity index (χ1v) is 4.71. The predicted octanol–water partition coefficient (Wildman–Crippen LogP) is 1.37. The van der Waals surface area contributed by atoms with Gasteiger partial charge in [-0.1, -0.05) is 0 Å². The number of nitrogens with zero attached hydrogens (tertiary/aromatic N) is 1. The molecule has 0 aliphatic heterocycles. The molecule has 0 atom stereocenters. The number of halogens is 1. The molecule has 1 radical (unpaired) electrons. The number of hydrogen-bond donors (Lipinski definition) is 2. The lowest BCUT2D eigenvalue weighted by Gasteiger charge is -2.09. The number of aromatic nitrogens is 1. The summed E-state index contributed by atoms with van der Waals surface area (Å²) in [5.41, 5.74) is -0.411. The van der Waals surface area contributed by atoms with E-state index in [1.165, 1.54) is 6.20 Å². The lowest BCUT2D eigenvalue weighted by molar-refractivity contribution is 0.381. The molecule has 0 aliphatic rings. The fourth-order valence-electron chi connectivity index (χ4n) is 1.60. The Balaban J connectivity index is 3.05. The van der Waals surface area contributed by atoms with Crippen molar-refractivity contribution in [3.63, 3.8) is 0 Å². The number of pyridine rings is 1. The summed E-state index contributed by atoms with van der Waals surface area (Å²) in [6, 6.07) is 3.52. The van der Waals surface area contributed by atoms with Crippen LogP contribution in [-0.2, 0) is 6.54 Å². The van der Waals surface area contributed by atoms with E-state index in [4.69, 9.17) is 0 Å². The molecule has 2 aromatic rings. The van der Waals surface area contributed by atoms with Gasteiger partial charge in [0.15, 0.2) is 17.3 Å². The molecular weight excluding hydrogens is 213 g/mol. The maximum atomic E-state index is 13.6. The summed E-state index contributed by atoms with van der Waals surface area (Å²) < 4.78 is 15.1. The first-order chi connectivity index (χ1) is 7.56. The van der Waals surface area contributed by atoms with Crippen LogP contribution in [0, 0.1) is 11.9 Å². The summed E-state index contributed by atoms with van der Waals surface area (Å²) in [4.78, 5) is 11.4. The average Bonchev–Trinajstić information content (AvgIpc) is 2.26. The molecule has 0 bridgehead atoms. The van der Waals surface area contributed by atoms with Crippen molar-refractivity contribution >= 4 is 10.9 Å². The van der Waals surface area contributed by atoms with Gasteiger partial charge in [-0.25, -0.2) is 4.39 Å². The van der Waals surface area contributed by atoms with Gasteiger partial charge in [0.2, 0.25) is 5.43 Å². The summed E-state index contributed by atoms with van der Waals surface area (Å²) >= 11 is 0. The lowest BCUT2D eigenvalue weighted by atomic mass is 10.1. The van der Waals surface area contributed by atoms with E-state index < -0.39 is 22.7 Å². The van der Waals surface area contributed by atoms with Crippen LogP contribution >= 0.6 is 0 Å². The molecule has 0 saturated carbocycles. The molecule has 0 unspecified atom stereocenters. The van der Waals surface area contributed by atoms with Gasteiger partial charge >= 0.3 is 0 Å². The molecule has 0 fully saturated rings. The van der Waals surface area contributed by atoms with E-state index in [0.717, 1.165) is 6.07 Å². The van der Waals surface area contributed by atoms with Crippen LogP contribution in [0.25, 0.3) is 10.9 Å². The second kappa shape index (κ2) is 3.52. The van der Waals surface area contributed by atoms with Crippen LogP contribution in [0.4, 0.5) is 4.39 Å². The first-order valence-electron chi connectivity index (χ1n) is 4.71. The minimum Gasteiger partial charge on any atom is -0.504 e. The average molecular weight is 222 g/mol. The number of aryl methyl sites for hydroxylation is 1. The molecule has 2 N–H and O–H groups in total. The van der Waals surface area contributed by atoms with Crippen LogP contribution in [0.3, 0.4) is 0 Å². The third-order valence-corrected chi connectivity index (χ3v) is 2.43. The number of phenolic OH excluding ortho intramolecular Hbond substituents is 2. The van der Waals surface area contributed by atoms with E-state index in [-0.39, 0.29) is 10.9 Å². The number of fused-ring (bicyclic) bond motifs is 1. The molecule has 16 heavy (non-hydrogen) atoms. The smallest absolute Gasteiger partial charge is 0.200 e. The van der Waals surface area contributed by atoms with Gasteiger partial charge < -0.3 is 14.8 Å². The van der Waals surface area contributed by atoms with Crippen molar-refractivity contribution in [2.24, 2.45) is 0 Å². The van der Waals surface area contributed by atoms with Crippen LogP contribution in [-0.4, -0.2) is 14.8 Å². The zero-order chi connectivity index (χ0) is 11.9. The van der Waals surface area contributed by atoms with E-state index in [1.807, 2.05) is 0 Å². The summed E-state index contributed by atoms with van der Waals surface area (Å²) in [5, 5.41) is 18.2. The minimum absolute atomic E-state index is 0.235. The maximum absolute atomic E-state index is 13.6. The highest BCUT2D eigenvalue weighted by molar-refractivity contribution is 5.83. The first kappa shape index (κ1) is 10.5. The Labute approximate surface area is 90.2 Å². The van der Waals surface area contributed by atoms with Gasteiger partial charge in [-0.3, -0.25) is 4.79 Å². The van der Waals surface area contributed by atoms with E-state index in [9.17, 15) is 19.4 Å². The van der Waals surface area contributed by atoms with Crippen molar-refractivity contribution in [3.8, 4) is 11.5 Å². The fourth-order valence-corrected chi connectivity index (χ4v) is 1.60. The van der Waals surface area contributed by atoms with Gasteiger partial charge in [0.25, 0.3) is 0 Å². The van der Waals surface area contributed by atoms with Crippen LogP contribution in [0.1, 0.15) is 6.92 Å². The molecule has 0 saturated heterocycles. The van der Waals surface area contributed by atoms with Crippen molar-refractivity contribution in [2.75, 3.05) is 0 Å². The van der Waals surface area contributed by atoms with Crippen LogP contribution in [0.5, 0.6) is 11.5 Å². The third kappa shape index (κ3) is 1.32. The Morgan fingerprint density at radius 3 is 2.81 bits per heavy atom. The van der Waals surface area contributed by atoms with Gasteiger partial charge in [0, 0.05) is 18.8 Å². The Hall–Kier alpha value is -2.04. The van der Waals surface area contributed by atoms with E-state index in [1.54, 1.807) is 11.5 Å². The van der Waals surface area contributed by atoms with Crippen molar-refractivity contribution in [1.29, 1.82) is 0 Å². The fraction of sp³-hybridized carbons (Fsp3) is 0.182. The van der Waals surface area contributed by atoms with Crippen LogP contribution in [0.15, 0.2) is 17.1 Å². The lowest BCUT2D eigenvalue weighted by Crippen LogP contribution is -2.09. The summed E-state index contributed by atoms with van der Waals surface area (Å²) in [6.45, 7) is 2.30. The van der Waals surface area contributed by atoms with E-state index in [2.05, 4.69) is 6.07 Å². The summed E-state index contributed by atoms with van der Waals surface area (Å²) in [7, 11) is 0. The van der Waals surface area contributed by atoms with Crippen molar-refractivity contribution in [1.82, 2.24) is 4.57 Å². The van der Waals surface area contributed by atoms with Gasteiger partial charge in [-0.2, -0.15) is 0 Å². The maximum Gasteiger partial charge on any atom is 0.200 e.